The third kappa shape index (κ3) is 1.71. The van der Waals surface area contributed by atoms with Gasteiger partial charge in [-0.25, -0.2) is 0 Å². The number of nitrogens with one attached hydrogen (secondary N) is 1. The molecule has 0 spiro atoms. The van der Waals surface area contributed by atoms with E-state index in [9.17, 15) is 10.1 Å². The summed E-state index contributed by atoms with van der Waals surface area (Å²) in [6.45, 7) is 2.55. The topological polar surface area (TPSA) is 73.0 Å². The summed E-state index contributed by atoms with van der Waals surface area (Å²) < 4.78 is 1.53. The van der Waals surface area contributed by atoms with Gasteiger partial charge in [0.15, 0.2) is 5.02 Å². The highest BCUT2D eigenvalue weighted by Gasteiger charge is 2.23. The van der Waals surface area contributed by atoms with E-state index in [1.165, 1.54) is 10.9 Å². The Morgan fingerprint density at radius 2 is 2.50 bits per heavy atom. The average molecular weight is 217 g/mol. The molecule has 0 radical (unpaired) electrons. The van der Waals surface area contributed by atoms with Crippen LogP contribution in [0.2, 0.25) is 5.02 Å². The van der Waals surface area contributed by atoms with E-state index in [-0.39, 0.29) is 10.8 Å². The lowest BCUT2D eigenvalue weighted by molar-refractivity contribution is -0.389. The third-order valence-electron chi connectivity index (χ3n) is 2.18. The molecular formula is C7H9ClN4O2. The molecule has 7 heteroatoms. The predicted molar refractivity (Wildman–Crippen MR) is 50.3 cm³/mol. The second-order valence-electron chi connectivity index (χ2n) is 3.30. The molecule has 2 heterocycles. The highest BCUT2D eigenvalue weighted by atomic mass is 35.5. The lowest BCUT2D eigenvalue weighted by atomic mass is 10.0. The number of halogens is 1. The van der Waals surface area contributed by atoms with Gasteiger partial charge in [0.25, 0.3) is 0 Å². The fourth-order valence-corrected chi connectivity index (χ4v) is 1.57. The standard InChI is InChI=1S/C7H9ClN4O2/c8-6-4-11(3-5-1-9-2-5)10-7(6)12(13)14/h4-5,9H,1-3H2. The van der Waals surface area contributed by atoms with E-state index in [1.807, 2.05) is 0 Å². The fourth-order valence-electron chi connectivity index (χ4n) is 1.35. The zero-order valence-electron chi connectivity index (χ0n) is 7.31. The first kappa shape index (κ1) is 9.42. The molecule has 0 atom stereocenters. The zero-order chi connectivity index (χ0) is 10.1. The first-order chi connectivity index (χ1) is 6.66. The number of rotatable bonds is 3. The number of nitro groups is 1. The minimum atomic E-state index is -0.572. The van der Waals surface area contributed by atoms with Crippen molar-refractivity contribution in [3.05, 3.63) is 21.3 Å². The molecule has 2 rings (SSSR count). The molecule has 0 unspecified atom stereocenters. The molecule has 1 aliphatic rings. The van der Waals surface area contributed by atoms with Gasteiger partial charge < -0.3 is 15.4 Å². The SMILES string of the molecule is O=[N+]([O-])c1nn(CC2CNC2)cc1Cl. The lowest BCUT2D eigenvalue weighted by Gasteiger charge is -2.25. The van der Waals surface area contributed by atoms with E-state index in [1.54, 1.807) is 0 Å². The second-order valence-corrected chi connectivity index (χ2v) is 3.71. The molecule has 1 N–H and O–H groups in total. The minimum Gasteiger partial charge on any atom is -0.358 e. The van der Waals surface area contributed by atoms with Gasteiger partial charge in [-0.15, -0.1) is 0 Å². The summed E-state index contributed by atoms with van der Waals surface area (Å²) in [5, 5.41) is 17.4. The van der Waals surface area contributed by atoms with Gasteiger partial charge >= 0.3 is 5.82 Å². The quantitative estimate of drug-likeness (QED) is 0.595. The zero-order valence-corrected chi connectivity index (χ0v) is 8.07. The van der Waals surface area contributed by atoms with Crippen LogP contribution in [0.4, 0.5) is 5.82 Å². The van der Waals surface area contributed by atoms with Crippen molar-refractivity contribution in [2.75, 3.05) is 13.1 Å². The van der Waals surface area contributed by atoms with Gasteiger partial charge in [0.1, 0.15) is 0 Å². The van der Waals surface area contributed by atoms with E-state index in [0.717, 1.165) is 13.1 Å². The Bertz CT molecular complexity index is 361. The molecule has 0 aliphatic carbocycles. The molecule has 1 saturated heterocycles. The Kier molecular flexibility index (Phi) is 2.39. The van der Waals surface area contributed by atoms with Crippen molar-refractivity contribution in [3.63, 3.8) is 0 Å². The molecule has 0 amide bonds. The van der Waals surface area contributed by atoms with Gasteiger partial charge in [0, 0.05) is 19.0 Å². The van der Waals surface area contributed by atoms with E-state index in [2.05, 4.69) is 10.4 Å². The van der Waals surface area contributed by atoms with Crippen LogP contribution in [0.25, 0.3) is 0 Å². The van der Waals surface area contributed by atoms with Crippen LogP contribution in [0.3, 0.4) is 0 Å². The molecule has 0 aromatic carbocycles. The molecule has 1 aromatic heterocycles. The van der Waals surface area contributed by atoms with Gasteiger partial charge in [0.2, 0.25) is 0 Å². The summed E-state index contributed by atoms with van der Waals surface area (Å²) in [7, 11) is 0. The van der Waals surface area contributed by atoms with Gasteiger partial charge in [-0.1, -0.05) is 11.6 Å². The number of aromatic nitrogens is 2. The first-order valence-corrected chi connectivity index (χ1v) is 4.62. The van der Waals surface area contributed by atoms with Crippen LogP contribution in [0, 0.1) is 16.0 Å². The Labute approximate surface area is 85.0 Å². The predicted octanol–water partition coefficient (Wildman–Crippen LogP) is 0.664. The van der Waals surface area contributed by atoms with Crippen molar-refractivity contribution < 1.29 is 4.92 Å². The number of hydrogen-bond donors (Lipinski definition) is 1. The van der Waals surface area contributed by atoms with E-state index < -0.39 is 4.92 Å². The molecular weight excluding hydrogens is 208 g/mol. The summed E-state index contributed by atoms with van der Waals surface area (Å²) in [5.74, 6) is 0.240. The molecule has 0 saturated carbocycles. The normalized spacial score (nSPS) is 16.6. The second kappa shape index (κ2) is 3.55. The molecule has 1 fully saturated rings. The molecule has 1 aromatic rings. The maximum absolute atomic E-state index is 10.4. The number of nitrogens with zero attached hydrogens (tertiary/aromatic N) is 3. The van der Waals surface area contributed by atoms with Crippen molar-refractivity contribution >= 4 is 17.4 Å². The minimum absolute atomic E-state index is 0.0993. The average Bonchev–Trinajstić information content (AvgIpc) is 2.39. The summed E-state index contributed by atoms with van der Waals surface area (Å²) in [5.41, 5.74) is 0. The highest BCUT2D eigenvalue weighted by molar-refractivity contribution is 6.32. The maximum Gasteiger partial charge on any atom is 0.408 e. The fraction of sp³-hybridized carbons (Fsp3) is 0.571. The molecule has 76 valence electrons. The van der Waals surface area contributed by atoms with Crippen molar-refractivity contribution in [1.82, 2.24) is 15.1 Å². The Morgan fingerprint density at radius 1 is 1.79 bits per heavy atom. The van der Waals surface area contributed by atoms with Crippen molar-refractivity contribution in [2.24, 2.45) is 5.92 Å². The molecule has 1 aliphatic heterocycles. The molecule has 0 bridgehead atoms. The first-order valence-electron chi connectivity index (χ1n) is 4.25. The molecule has 6 nitrogen and oxygen atoms in total. The largest absolute Gasteiger partial charge is 0.408 e. The highest BCUT2D eigenvalue weighted by Crippen LogP contribution is 2.22. The smallest absolute Gasteiger partial charge is 0.358 e. The third-order valence-corrected chi connectivity index (χ3v) is 2.45. The van der Waals surface area contributed by atoms with Crippen LogP contribution in [-0.2, 0) is 6.54 Å². The van der Waals surface area contributed by atoms with Gasteiger partial charge in [-0.05, 0) is 4.92 Å². The Balaban J connectivity index is 2.10. The summed E-state index contributed by atoms with van der Waals surface area (Å²) in [4.78, 5) is 9.87. The van der Waals surface area contributed by atoms with E-state index in [4.69, 9.17) is 11.6 Å². The van der Waals surface area contributed by atoms with Crippen LogP contribution in [-0.4, -0.2) is 27.8 Å². The van der Waals surface area contributed by atoms with Gasteiger partial charge in [-0.3, -0.25) is 0 Å². The lowest BCUT2D eigenvalue weighted by Crippen LogP contribution is -2.44. The number of hydrogen-bond acceptors (Lipinski definition) is 4. The summed E-state index contributed by atoms with van der Waals surface area (Å²) >= 11 is 5.64. The van der Waals surface area contributed by atoms with Gasteiger partial charge in [-0.2, -0.15) is 4.68 Å². The van der Waals surface area contributed by atoms with Crippen LogP contribution in [0.15, 0.2) is 6.20 Å². The van der Waals surface area contributed by atoms with Crippen molar-refractivity contribution in [3.8, 4) is 0 Å². The van der Waals surface area contributed by atoms with Crippen molar-refractivity contribution in [1.29, 1.82) is 0 Å². The van der Waals surface area contributed by atoms with Crippen molar-refractivity contribution in [2.45, 2.75) is 6.54 Å². The Hall–Kier alpha value is -1.14. The van der Waals surface area contributed by atoms with E-state index >= 15 is 0 Å². The van der Waals surface area contributed by atoms with Crippen LogP contribution in [0.1, 0.15) is 0 Å². The monoisotopic (exact) mass is 216 g/mol. The Morgan fingerprint density at radius 3 is 2.93 bits per heavy atom. The maximum atomic E-state index is 10.4. The van der Waals surface area contributed by atoms with Crippen LogP contribution >= 0.6 is 11.6 Å². The summed E-state index contributed by atoms with van der Waals surface area (Å²) in [6, 6.07) is 0. The van der Waals surface area contributed by atoms with Crippen LogP contribution in [0.5, 0.6) is 0 Å². The van der Waals surface area contributed by atoms with E-state index in [0.29, 0.717) is 12.5 Å². The van der Waals surface area contributed by atoms with Gasteiger partial charge in [0.05, 0.1) is 17.8 Å². The van der Waals surface area contributed by atoms with Crippen LogP contribution < -0.4 is 5.32 Å². The molecule has 14 heavy (non-hydrogen) atoms. The summed E-state index contributed by atoms with van der Waals surface area (Å²) in [6.07, 6.45) is 1.50.